The average Bonchev–Trinajstić information content (AvgIpc) is 3.98. The van der Waals surface area contributed by atoms with Gasteiger partial charge in [0.05, 0.1) is 35.5 Å². The van der Waals surface area contributed by atoms with Crippen LogP contribution in [0.2, 0.25) is 35.7 Å². The van der Waals surface area contributed by atoms with Gasteiger partial charge in [0, 0.05) is 95.5 Å². The summed E-state index contributed by atoms with van der Waals surface area (Å²) in [5.41, 5.74) is 6.05. The number of ether oxygens (including phenoxy) is 3. The van der Waals surface area contributed by atoms with Crippen molar-refractivity contribution in [1.82, 2.24) is 33.9 Å². The van der Waals surface area contributed by atoms with Gasteiger partial charge >= 0.3 is 0 Å². The number of imidazole rings is 1. The number of carbonyl (C=O) groups is 1. The molecule has 5 heterocycles. The highest BCUT2D eigenvalue weighted by molar-refractivity contribution is 7.90. The van der Waals surface area contributed by atoms with Crippen molar-refractivity contribution < 1.29 is 27.4 Å². The summed E-state index contributed by atoms with van der Waals surface area (Å²) in [6.45, 7) is 17.7. The van der Waals surface area contributed by atoms with Crippen LogP contribution in [0.4, 0.5) is 5.69 Å². The molecule has 3 aliphatic rings. The Morgan fingerprint density at radius 3 is 2.51 bits per heavy atom. The van der Waals surface area contributed by atoms with Crippen molar-refractivity contribution in [3.05, 3.63) is 124 Å². The lowest BCUT2D eigenvalue weighted by atomic mass is 9.72. The molecule has 0 radical (unpaired) electrons. The Morgan fingerprint density at radius 2 is 1.74 bits per heavy atom. The monoisotopic (exact) mass is 1020 g/mol. The fourth-order valence-corrected chi connectivity index (χ4v) is 11.6. The van der Waals surface area contributed by atoms with Crippen molar-refractivity contribution in [3.63, 3.8) is 0 Å². The summed E-state index contributed by atoms with van der Waals surface area (Å²) in [5, 5.41) is 6.08. The number of carbonyl (C=O) groups excluding carboxylic acids is 1. The topological polar surface area (TPSA) is 146 Å². The standard InChI is InChI=1S/C52H62Cl2N8O6SSi/c1-52(2)18-17-38(43(29-52)37-10-12-39(53)13-11-37)33-59-21-23-60(24-22-59)40-14-15-42(48(27-40)68-47-8-6-7-46-44(47)31-57-62(46)35-66-25-26-70(3,4)5)50(63)58-69(64,65)41-28-45(54)51(56-30-41)67-34-36-9-16-49-55-19-20-61(49)32-36/h6-8,10-15,19-20,27-28,30-31,36H,9,16-18,21-26,29,32-35H2,1-5H3,(H,58,63). The van der Waals surface area contributed by atoms with E-state index in [-0.39, 0.29) is 45.2 Å². The number of nitrogens with zero attached hydrogens (tertiary/aromatic N) is 7. The molecule has 370 valence electrons. The van der Waals surface area contributed by atoms with Gasteiger partial charge in [-0.1, -0.05) is 80.5 Å². The van der Waals surface area contributed by atoms with Crippen LogP contribution >= 0.6 is 23.2 Å². The zero-order valence-electron chi connectivity index (χ0n) is 40.6. The Morgan fingerprint density at radius 1 is 0.943 bits per heavy atom. The zero-order valence-corrected chi connectivity index (χ0v) is 43.9. The number of allylic oxidation sites excluding steroid dienone is 1. The van der Waals surface area contributed by atoms with Crippen LogP contribution in [0.5, 0.6) is 17.4 Å². The molecular formula is C52H62Cl2N8O6SSi. The van der Waals surface area contributed by atoms with E-state index in [0.29, 0.717) is 24.3 Å². The SMILES string of the molecule is CC1(C)CCC(CN2CCN(c3ccc(C(=O)NS(=O)(=O)c4cnc(OCC5CCc6nccn6C5)c(Cl)c4)c(Oc4cccc5c4cnn5COCC[Si](C)(C)C)c3)CC2)=C(c2ccc(Cl)cc2)C1. The molecule has 2 aliphatic heterocycles. The number of amides is 1. The largest absolute Gasteiger partial charge is 0.476 e. The minimum Gasteiger partial charge on any atom is -0.476 e. The summed E-state index contributed by atoms with van der Waals surface area (Å²) in [7, 11) is -5.73. The molecule has 1 N–H and O–H groups in total. The van der Waals surface area contributed by atoms with Gasteiger partial charge in [0.1, 0.15) is 34.0 Å². The molecule has 1 unspecified atom stereocenters. The molecule has 1 amide bonds. The maximum Gasteiger partial charge on any atom is 0.268 e. The average molecular weight is 1030 g/mol. The second kappa shape index (κ2) is 20.9. The number of pyridine rings is 1. The third-order valence-electron chi connectivity index (χ3n) is 13.6. The quantitative estimate of drug-likeness (QED) is 0.0688. The van der Waals surface area contributed by atoms with Crippen molar-refractivity contribution in [3.8, 4) is 17.4 Å². The van der Waals surface area contributed by atoms with E-state index in [1.807, 2.05) is 48.7 Å². The summed E-state index contributed by atoms with van der Waals surface area (Å²) in [6, 6.07) is 21.4. The zero-order chi connectivity index (χ0) is 49.2. The van der Waals surface area contributed by atoms with Crippen LogP contribution in [-0.2, 0) is 34.5 Å². The minimum absolute atomic E-state index is 0.0134. The molecule has 1 saturated heterocycles. The summed E-state index contributed by atoms with van der Waals surface area (Å²) < 4.78 is 52.5. The van der Waals surface area contributed by atoms with Crippen LogP contribution in [0, 0.1) is 11.3 Å². The predicted molar refractivity (Wildman–Crippen MR) is 278 cm³/mol. The van der Waals surface area contributed by atoms with Crippen molar-refractivity contribution >= 4 is 69.4 Å². The number of fused-ring (bicyclic) bond motifs is 2. The van der Waals surface area contributed by atoms with Gasteiger partial charge in [0.15, 0.2) is 0 Å². The lowest BCUT2D eigenvalue weighted by Gasteiger charge is -2.39. The highest BCUT2D eigenvalue weighted by Gasteiger charge is 2.31. The lowest BCUT2D eigenvalue weighted by Crippen LogP contribution is -2.47. The van der Waals surface area contributed by atoms with Gasteiger partial charge in [0.25, 0.3) is 15.9 Å². The van der Waals surface area contributed by atoms with E-state index in [1.165, 1.54) is 22.8 Å². The smallest absolute Gasteiger partial charge is 0.268 e. The lowest BCUT2D eigenvalue weighted by molar-refractivity contribution is 0.0817. The number of hydrogen-bond donors (Lipinski definition) is 1. The number of halogens is 2. The Bertz CT molecular complexity index is 3000. The molecule has 1 aliphatic carbocycles. The fourth-order valence-electron chi connectivity index (χ4n) is 9.46. The molecule has 0 spiro atoms. The van der Waals surface area contributed by atoms with E-state index >= 15 is 0 Å². The summed E-state index contributed by atoms with van der Waals surface area (Å²) in [4.78, 5) is 27.4. The first-order valence-electron chi connectivity index (χ1n) is 24.1. The summed E-state index contributed by atoms with van der Waals surface area (Å²) >= 11 is 12.8. The van der Waals surface area contributed by atoms with Crippen LogP contribution < -0.4 is 19.1 Å². The number of sulfonamides is 1. The molecule has 9 rings (SSSR count). The highest BCUT2D eigenvalue weighted by Crippen LogP contribution is 2.44. The van der Waals surface area contributed by atoms with E-state index in [4.69, 9.17) is 37.4 Å². The number of hydrogen-bond acceptors (Lipinski definition) is 11. The molecule has 18 heteroatoms. The van der Waals surface area contributed by atoms with Gasteiger partial charge in [-0.15, -0.1) is 0 Å². The molecular weight excluding hydrogens is 964 g/mol. The number of nitrogens with one attached hydrogen (secondary N) is 1. The number of aryl methyl sites for hydroxylation is 1. The maximum absolute atomic E-state index is 14.2. The van der Waals surface area contributed by atoms with Gasteiger partial charge in [0.2, 0.25) is 5.88 Å². The van der Waals surface area contributed by atoms with E-state index in [2.05, 4.69) is 79.8 Å². The van der Waals surface area contributed by atoms with E-state index < -0.39 is 24.0 Å². The first-order chi connectivity index (χ1) is 33.5. The Labute approximate surface area is 422 Å². The van der Waals surface area contributed by atoms with Gasteiger partial charge in [-0.25, -0.2) is 27.8 Å². The molecule has 0 saturated carbocycles. The van der Waals surface area contributed by atoms with E-state index in [9.17, 15) is 13.2 Å². The molecule has 14 nitrogen and oxygen atoms in total. The fraction of sp³-hybridized carbons (Fsp3) is 0.423. The second-order valence-electron chi connectivity index (χ2n) is 20.8. The van der Waals surface area contributed by atoms with Gasteiger partial charge < -0.3 is 23.7 Å². The summed E-state index contributed by atoms with van der Waals surface area (Å²) in [5.74, 6) is 1.14. The van der Waals surface area contributed by atoms with E-state index in [1.54, 1.807) is 23.1 Å². The Kier molecular flexibility index (Phi) is 14.8. The number of benzene rings is 3. The van der Waals surface area contributed by atoms with Crippen LogP contribution in [-0.4, -0.2) is 97.6 Å². The maximum atomic E-state index is 14.2. The van der Waals surface area contributed by atoms with Gasteiger partial charge in [-0.3, -0.25) is 9.69 Å². The third kappa shape index (κ3) is 11.9. The Hall–Kier alpha value is -5.23. The number of aromatic nitrogens is 5. The summed E-state index contributed by atoms with van der Waals surface area (Å²) in [6.07, 6.45) is 11.6. The first-order valence-corrected chi connectivity index (χ1v) is 30.1. The molecule has 3 aromatic carbocycles. The highest BCUT2D eigenvalue weighted by atomic mass is 35.5. The van der Waals surface area contributed by atoms with Crippen LogP contribution in [0.3, 0.4) is 0 Å². The number of anilines is 1. The molecule has 6 aromatic rings. The van der Waals surface area contributed by atoms with Gasteiger partial charge in [-0.05, 0) is 90.7 Å². The van der Waals surface area contributed by atoms with Crippen molar-refractivity contribution in [2.75, 3.05) is 50.8 Å². The molecule has 3 aromatic heterocycles. The van der Waals surface area contributed by atoms with Crippen LogP contribution in [0.1, 0.15) is 61.3 Å². The first kappa shape index (κ1) is 49.7. The van der Waals surface area contributed by atoms with Crippen molar-refractivity contribution in [2.45, 2.75) is 89.8 Å². The van der Waals surface area contributed by atoms with Crippen LogP contribution in [0.15, 0.2) is 102 Å². The van der Waals surface area contributed by atoms with Crippen molar-refractivity contribution in [1.29, 1.82) is 0 Å². The number of piperazine rings is 1. The van der Waals surface area contributed by atoms with Crippen molar-refractivity contribution in [2.24, 2.45) is 11.3 Å². The molecule has 1 fully saturated rings. The molecule has 70 heavy (non-hydrogen) atoms. The Balaban J connectivity index is 0.931. The number of rotatable bonds is 17. The third-order valence-corrected chi connectivity index (χ3v) is 17.2. The second-order valence-corrected chi connectivity index (χ2v) is 28.9. The van der Waals surface area contributed by atoms with Gasteiger partial charge in [-0.2, -0.15) is 5.10 Å². The molecule has 1 atom stereocenters. The normalized spacial score (nSPS) is 17.7. The van der Waals surface area contributed by atoms with E-state index in [0.717, 1.165) is 106 Å². The minimum atomic E-state index is -4.45. The molecule has 0 bridgehead atoms. The predicted octanol–water partition coefficient (Wildman–Crippen LogP) is 10.6. The van der Waals surface area contributed by atoms with Crippen LogP contribution in [0.25, 0.3) is 16.5 Å².